The lowest BCUT2D eigenvalue weighted by Gasteiger charge is -2.43. The zero-order valence-corrected chi connectivity index (χ0v) is 16.2. The molecule has 2 heterocycles. The van der Waals surface area contributed by atoms with E-state index in [-0.39, 0.29) is 17.4 Å². The van der Waals surface area contributed by atoms with Gasteiger partial charge in [0.1, 0.15) is 0 Å². The van der Waals surface area contributed by atoms with E-state index in [1.165, 1.54) is 0 Å². The molecule has 1 aromatic heterocycles. The Balaban J connectivity index is 1.77. The number of likely N-dealkylation sites (tertiary alicyclic amines) is 1. The number of benzene rings is 1. The van der Waals surface area contributed by atoms with Gasteiger partial charge in [-0.15, -0.1) is 0 Å². The lowest BCUT2D eigenvalue weighted by molar-refractivity contribution is -0.0180. The van der Waals surface area contributed by atoms with Crippen molar-refractivity contribution in [3.8, 4) is 0 Å². The van der Waals surface area contributed by atoms with E-state index in [4.69, 9.17) is 16.3 Å². The topological polar surface area (TPSA) is 78.4 Å². The number of H-pyrrole nitrogens is 1. The van der Waals surface area contributed by atoms with Crippen LogP contribution in [0.4, 0.5) is 4.79 Å². The molecule has 0 unspecified atom stereocenters. The zero-order chi connectivity index (χ0) is 18.9. The van der Waals surface area contributed by atoms with Crippen LogP contribution in [0.5, 0.6) is 0 Å². The second-order valence-electron chi connectivity index (χ2n) is 7.51. The predicted molar refractivity (Wildman–Crippen MR) is 101 cm³/mol. The summed E-state index contributed by atoms with van der Waals surface area (Å²) >= 11 is 6.23. The van der Waals surface area contributed by atoms with Crippen LogP contribution in [0, 0.1) is 11.3 Å². The highest BCUT2D eigenvalue weighted by Gasteiger charge is 2.40. The molecule has 1 fully saturated rings. The molecule has 0 aliphatic carbocycles. The van der Waals surface area contributed by atoms with Crippen LogP contribution in [0.15, 0.2) is 18.3 Å². The Morgan fingerprint density at radius 2 is 2.15 bits per heavy atom. The molecule has 1 aliphatic heterocycles. The average molecular weight is 380 g/mol. The summed E-state index contributed by atoms with van der Waals surface area (Å²) in [5.41, 5.74) is 1.21. The Morgan fingerprint density at radius 3 is 2.81 bits per heavy atom. The molecule has 7 heteroatoms. The van der Waals surface area contributed by atoms with Gasteiger partial charge in [-0.2, -0.15) is 5.10 Å². The van der Waals surface area contributed by atoms with Gasteiger partial charge in [0.15, 0.2) is 0 Å². The Bertz CT molecular complexity index is 781. The smallest absolute Gasteiger partial charge is 0.409 e. The maximum atomic E-state index is 11.9. The number of carbonyl (C=O) groups excluding carboxylic acids is 1. The van der Waals surface area contributed by atoms with Crippen LogP contribution in [-0.4, -0.2) is 46.0 Å². The number of nitrogens with zero attached hydrogens (tertiary/aromatic N) is 2. The number of fused-ring (bicyclic) bond motifs is 1. The van der Waals surface area contributed by atoms with Crippen molar-refractivity contribution in [2.75, 3.05) is 19.7 Å². The summed E-state index contributed by atoms with van der Waals surface area (Å²) in [6, 6.07) is 3.64. The van der Waals surface area contributed by atoms with E-state index < -0.39 is 6.10 Å². The van der Waals surface area contributed by atoms with Crippen LogP contribution in [0.3, 0.4) is 0 Å². The lowest BCUT2D eigenvalue weighted by atomic mass is 9.68. The van der Waals surface area contributed by atoms with Gasteiger partial charge in [-0.1, -0.05) is 25.4 Å². The van der Waals surface area contributed by atoms with E-state index in [9.17, 15) is 9.90 Å². The summed E-state index contributed by atoms with van der Waals surface area (Å²) < 4.78 is 5.08. The number of hydrogen-bond acceptors (Lipinski definition) is 4. The minimum Gasteiger partial charge on any atom is -0.450 e. The standard InChI is InChI=1S/C19H26ClN3O3/c1-4-26-18(25)23-7-5-13(6-8-23)19(2,3)17(24)15-10-14(20)9-12-11-21-22-16(12)15/h9-11,13,17,24H,4-8H2,1-3H3,(H,21,22)/t17-/m1/s1. The lowest BCUT2D eigenvalue weighted by Crippen LogP contribution is -2.43. The van der Waals surface area contributed by atoms with Crippen molar-refractivity contribution in [2.45, 2.75) is 39.7 Å². The van der Waals surface area contributed by atoms with Crippen molar-refractivity contribution < 1.29 is 14.6 Å². The van der Waals surface area contributed by atoms with Gasteiger partial charge in [0.2, 0.25) is 0 Å². The molecular weight excluding hydrogens is 354 g/mol. The number of aliphatic hydroxyl groups excluding tert-OH is 1. The van der Waals surface area contributed by atoms with Gasteiger partial charge in [-0.3, -0.25) is 5.10 Å². The van der Waals surface area contributed by atoms with Crippen LogP contribution < -0.4 is 0 Å². The zero-order valence-electron chi connectivity index (χ0n) is 15.5. The van der Waals surface area contributed by atoms with E-state index in [1.54, 1.807) is 11.1 Å². The molecule has 1 aliphatic rings. The molecule has 1 amide bonds. The molecule has 2 aromatic rings. The number of ether oxygens (including phenoxy) is 1. The highest BCUT2D eigenvalue weighted by atomic mass is 35.5. The van der Waals surface area contributed by atoms with Gasteiger partial charge in [0.25, 0.3) is 0 Å². The van der Waals surface area contributed by atoms with E-state index in [0.717, 1.165) is 29.3 Å². The third-order valence-electron chi connectivity index (χ3n) is 5.62. The Morgan fingerprint density at radius 1 is 1.46 bits per heavy atom. The van der Waals surface area contributed by atoms with E-state index >= 15 is 0 Å². The number of aromatic amines is 1. The van der Waals surface area contributed by atoms with Crippen LogP contribution in [0.2, 0.25) is 5.02 Å². The molecule has 26 heavy (non-hydrogen) atoms. The molecule has 1 atom stereocenters. The highest BCUT2D eigenvalue weighted by Crippen LogP contribution is 2.46. The van der Waals surface area contributed by atoms with Gasteiger partial charge in [-0.25, -0.2) is 4.79 Å². The number of aromatic nitrogens is 2. The molecule has 6 nitrogen and oxygen atoms in total. The van der Waals surface area contributed by atoms with Crippen molar-refractivity contribution in [1.29, 1.82) is 0 Å². The number of aliphatic hydroxyl groups is 1. The second kappa shape index (κ2) is 7.45. The third kappa shape index (κ3) is 3.53. The largest absolute Gasteiger partial charge is 0.450 e. The molecule has 0 bridgehead atoms. The number of rotatable bonds is 4. The summed E-state index contributed by atoms with van der Waals surface area (Å²) in [6.45, 7) is 7.64. The molecule has 3 rings (SSSR count). The van der Waals surface area contributed by atoms with Crippen LogP contribution in [-0.2, 0) is 4.74 Å². The predicted octanol–water partition coefficient (Wildman–Crippen LogP) is 4.14. The fourth-order valence-electron chi connectivity index (χ4n) is 3.91. The summed E-state index contributed by atoms with van der Waals surface area (Å²) in [5, 5.41) is 19.7. The number of piperidine rings is 1. The summed E-state index contributed by atoms with van der Waals surface area (Å²) in [5.74, 6) is 0.278. The van der Waals surface area contributed by atoms with Gasteiger partial charge in [0, 0.05) is 29.1 Å². The fraction of sp³-hybridized carbons (Fsp3) is 0.579. The molecule has 1 aromatic carbocycles. The van der Waals surface area contributed by atoms with Gasteiger partial charge >= 0.3 is 6.09 Å². The first kappa shape index (κ1) is 19.0. The number of amides is 1. The molecule has 0 radical (unpaired) electrons. The van der Waals surface area contributed by atoms with Crippen molar-refractivity contribution in [3.63, 3.8) is 0 Å². The first-order valence-corrected chi connectivity index (χ1v) is 9.44. The monoisotopic (exact) mass is 379 g/mol. The second-order valence-corrected chi connectivity index (χ2v) is 7.95. The Kier molecular flexibility index (Phi) is 5.44. The molecule has 1 saturated heterocycles. The number of carbonyl (C=O) groups is 1. The average Bonchev–Trinajstić information content (AvgIpc) is 3.09. The SMILES string of the molecule is CCOC(=O)N1CCC(C(C)(C)[C@H](O)c2cc(Cl)cc3cn[nH]c23)CC1. The van der Waals surface area contributed by atoms with E-state index in [2.05, 4.69) is 24.0 Å². The quantitative estimate of drug-likeness (QED) is 0.836. The summed E-state index contributed by atoms with van der Waals surface area (Å²) in [7, 11) is 0. The summed E-state index contributed by atoms with van der Waals surface area (Å²) in [4.78, 5) is 13.6. The summed E-state index contributed by atoms with van der Waals surface area (Å²) in [6.07, 6.45) is 2.43. The maximum Gasteiger partial charge on any atom is 0.409 e. The fourth-order valence-corrected chi connectivity index (χ4v) is 4.14. The molecule has 142 valence electrons. The molecular formula is C19H26ClN3O3. The Labute approximate surface area is 158 Å². The first-order valence-electron chi connectivity index (χ1n) is 9.06. The van der Waals surface area contributed by atoms with E-state index in [1.807, 2.05) is 19.1 Å². The van der Waals surface area contributed by atoms with Crippen molar-refractivity contribution >= 4 is 28.6 Å². The number of halogens is 1. The van der Waals surface area contributed by atoms with Crippen LogP contribution in [0.1, 0.15) is 45.3 Å². The van der Waals surface area contributed by atoms with Crippen molar-refractivity contribution in [1.82, 2.24) is 15.1 Å². The maximum absolute atomic E-state index is 11.9. The minimum absolute atomic E-state index is 0.252. The third-order valence-corrected chi connectivity index (χ3v) is 5.83. The molecule has 0 saturated carbocycles. The number of hydrogen-bond donors (Lipinski definition) is 2. The Hall–Kier alpha value is -1.79. The van der Waals surface area contributed by atoms with Gasteiger partial charge in [0.05, 0.1) is 24.4 Å². The molecule has 0 spiro atoms. The van der Waals surface area contributed by atoms with Crippen LogP contribution >= 0.6 is 11.6 Å². The van der Waals surface area contributed by atoms with Gasteiger partial charge < -0.3 is 14.7 Å². The normalized spacial score (nSPS) is 17.5. The highest BCUT2D eigenvalue weighted by molar-refractivity contribution is 6.31. The van der Waals surface area contributed by atoms with Crippen LogP contribution in [0.25, 0.3) is 10.9 Å². The van der Waals surface area contributed by atoms with Crippen molar-refractivity contribution in [2.24, 2.45) is 11.3 Å². The van der Waals surface area contributed by atoms with Gasteiger partial charge in [-0.05, 0) is 43.2 Å². The van der Waals surface area contributed by atoms with Crippen molar-refractivity contribution in [3.05, 3.63) is 28.9 Å². The first-order chi connectivity index (χ1) is 12.3. The number of nitrogens with one attached hydrogen (secondary N) is 1. The van der Waals surface area contributed by atoms with E-state index in [0.29, 0.717) is 24.7 Å². The minimum atomic E-state index is -0.691. The molecule has 2 N–H and O–H groups in total.